The van der Waals surface area contributed by atoms with Gasteiger partial charge in [0.05, 0.1) is 12.0 Å². The van der Waals surface area contributed by atoms with E-state index in [0.717, 1.165) is 12.1 Å². The van der Waals surface area contributed by atoms with E-state index in [2.05, 4.69) is 0 Å². The van der Waals surface area contributed by atoms with Crippen LogP contribution in [-0.4, -0.2) is 34.1 Å². The number of carboxylic acid groups (broad SMARTS) is 2. The van der Waals surface area contributed by atoms with Gasteiger partial charge in [0.25, 0.3) is 5.91 Å². The smallest absolute Gasteiger partial charge is 0.326 e. The molecule has 102 valence electrons. The van der Waals surface area contributed by atoms with Crippen LogP contribution in [0.15, 0.2) is 18.2 Å². The molecule has 0 aliphatic heterocycles. The molecule has 6 nitrogen and oxygen atoms in total. The lowest BCUT2D eigenvalue weighted by Gasteiger charge is -2.12. The third-order valence-corrected chi connectivity index (χ3v) is 2.39. The standard InChI is InChI=1S/C11H9ClFNO5/c12-5-1-2-6(7(13)3-5)10(17)14-8(11(18)19)4-9(15)16/h1-3,8H,4H2,(H,14,17)(H,15,16)(H,18,19). The van der Waals surface area contributed by atoms with Crippen LogP contribution in [0.2, 0.25) is 5.02 Å². The number of carbonyl (C=O) groups is 3. The summed E-state index contributed by atoms with van der Waals surface area (Å²) in [5.74, 6) is -4.87. The molecule has 0 aliphatic carbocycles. The maximum atomic E-state index is 13.4. The highest BCUT2D eigenvalue weighted by atomic mass is 35.5. The van der Waals surface area contributed by atoms with Gasteiger partial charge in [-0.25, -0.2) is 9.18 Å². The first-order chi connectivity index (χ1) is 8.81. The number of hydrogen-bond acceptors (Lipinski definition) is 3. The number of nitrogens with one attached hydrogen (secondary N) is 1. The molecule has 3 N–H and O–H groups in total. The van der Waals surface area contributed by atoms with E-state index in [1.165, 1.54) is 6.07 Å². The molecule has 1 rings (SSSR count). The zero-order valence-electron chi connectivity index (χ0n) is 9.39. The molecule has 1 amide bonds. The SMILES string of the molecule is O=C(O)CC(NC(=O)c1ccc(Cl)cc1F)C(=O)O. The highest BCUT2D eigenvalue weighted by Gasteiger charge is 2.24. The molecule has 0 spiro atoms. The molecule has 0 heterocycles. The fourth-order valence-electron chi connectivity index (χ4n) is 1.28. The Morgan fingerprint density at radius 2 is 1.95 bits per heavy atom. The quantitative estimate of drug-likeness (QED) is 0.754. The molecule has 19 heavy (non-hydrogen) atoms. The highest BCUT2D eigenvalue weighted by molar-refractivity contribution is 6.30. The first-order valence-corrected chi connectivity index (χ1v) is 5.39. The predicted octanol–water partition coefficient (Wildman–Crippen LogP) is 1.14. The number of carbonyl (C=O) groups excluding carboxylic acids is 1. The van der Waals surface area contributed by atoms with Gasteiger partial charge in [0.1, 0.15) is 11.9 Å². The summed E-state index contributed by atoms with van der Waals surface area (Å²) in [5.41, 5.74) is -0.416. The molecule has 0 aromatic heterocycles. The Hall–Kier alpha value is -2.15. The van der Waals surface area contributed by atoms with Gasteiger partial charge < -0.3 is 15.5 Å². The molecule has 1 atom stereocenters. The number of hydrogen-bond donors (Lipinski definition) is 3. The van der Waals surface area contributed by atoms with Gasteiger partial charge >= 0.3 is 11.9 Å². The zero-order valence-corrected chi connectivity index (χ0v) is 10.1. The fraction of sp³-hybridized carbons (Fsp3) is 0.182. The van der Waals surface area contributed by atoms with Gasteiger partial charge in [-0.2, -0.15) is 0 Å². The minimum absolute atomic E-state index is 0.0781. The lowest BCUT2D eigenvalue weighted by molar-refractivity contribution is -0.145. The van der Waals surface area contributed by atoms with Gasteiger partial charge in [-0.1, -0.05) is 11.6 Å². The van der Waals surface area contributed by atoms with E-state index in [0.29, 0.717) is 0 Å². The Balaban J connectivity index is 2.87. The van der Waals surface area contributed by atoms with E-state index in [1.54, 1.807) is 0 Å². The Labute approximate surface area is 111 Å². The number of rotatable bonds is 5. The minimum Gasteiger partial charge on any atom is -0.481 e. The van der Waals surface area contributed by atoms with E-state index in [4.69, 9.17) is 21.8 Å². The summed E-state index contributed by atoms with van der Waals surface area (Å²) in [5, 5.41) is 19.2. The lowest BCUT2D eigenvalue weighted by atomic mass is 10.1. The molecule has 0 radical (unpaired) electrons. The van der Waals surface area contributed by atoms with Crippen LogP contribution in [-0.2, 0) is 9.59 Å². The maximum Gasteiger partial charge on any atom is 0.326 e. The van der Waals surface area contributed by atoms with Crippen LogP contribution in [0, 0.1) is 5.82 Å². The van der Waals surface area contributed by atoms with Gasteiger partial charge in [0.2, 0.25) is 0 Å². The second-order valence-corrected chi connectivity index (χ2v) is 4.02. The number of aliphatic carboxylic acids is 2. The molecule has 0 saturated carbocycles. The van der Waals surface area contributed by atoms with Crippen molar-refractivity contribution in [3.05, 3.63) is 34.6 Å². The van der Waals surface area contributed by atoms with Crippen molar-refractivity contribution < 1.29 is 29.0 Å². The molecule has 8 heteroatoms. The van der Waals surface area contributed by atoms with Gasteiger partial charge in [0.15, 0.2) is 0 Å². The maximum absolute atomic E-state index is 13.4. The van der Waals surface area contributed by atoms with Crippen LogP contribution in [0.1, 0.15) is 16.8 Å². The van der Waals surface area contributed by atoms with E-state index in [9.17, 15) is 18.8 Å². The summed E-state index contributed by atoms with van der Waals surface area (Å²) in [6.07, 6.45) is -0.809. The molecule has 0 aliphatic rings. The summed E-state index contributed by atoms with van der Waals surface area (Å²) in [6.45, 7) is 0. The number of amides is 1. The molecule has 0 bridgehead atoms. The van der Waals surface area contributed by atoms with Crippen molar-refractivity contribution >= 4 is 29.4 Å². The van der Waals surface area contributed by atoms with Gasteiger partial charge in [-0.15, -0.1) is 0 Å². The molecular formula is C11H9ClFNO5. The van der Waals surface area contributed by atoms with Crippen LogP contribution >= 0.6 is 11.6 Å². The molecule has 0 fully saturated rings. The summed E-state index contributed by atoms with van der Waals surface area (Å²) in [6, 6.07) is 1.59. The van der Waals surface area contributed by atoms with Crippen molar-refractivity contribution in [2.75, 3.05) is 0 Å². The zero-order chi connectivity index (χ0) is 14.6. The highest BCUT2D eigenvalue weighted by Crippen LogP contribution is 2.14. The molecule has 1 aromatic rings. The topological polar surface area (TPSA) is 104 Å². The Morgan fingerprint density at radius 3 is 2.42 bits per heavy atom. The van der Waals surface area contributed by atoms with E-state index in [-0.39, 0.29) is 5.02 Å². The first-order valence-electron chi connectivity index (χ1n) is 5.01. The Kier molecular flexibility index (Phi) is 4.82. The second-order valence-electron chi connectivity index (χ2n) is 3.59. The number of benzene rings is 1. The third kappa shape index (κ3) is 4.22. The van der Waals surface area contributed by atoms with Crippen molar-refractivity contribution in [2.45, 2.75) is 12.5 Å². The third-order valence-electron chi connectivity index (χ3n) is 2.16. The summed E-state index contributed by atoms with van der Waals surface area (Å²) in [7, 11) is 0. The lowest BCUT2D eigenvalue weighted by Crippen LogP contribution is -2.42. The van der Waals surface area contributed by atoms with Gasteiger partial charge in [-0.05, 0) is 18.2 Å². The van der Waals surface area contributed by atoms with E-state index in [1.807, 2.05) is 5.32 Å². The Morgan fingerprint density at radius 1 is 1.32 bits per heavy atom. The van der Waals surface area contributed by atoms with E-state index >= 15 is 0 Å². The average molecular weight is 290 g/mol. The number of carboxylic acids is 2. The van der Waals surface area contributed by atoms with Crippen molar-refractivity contribution in [3.63, 3.8) is 0 Å². The first kappa shape index (κ1) is 14.9. The Bertz CT molecular complexity index is 534. The monoisotopic (exact) mass is 289 g/mol. The van der Waals surface area contributed by atoms with Crippen LogP contribution in [0.5, 0.6) is 0 Å². The molecular weight excluding hydrogens is 281 g/mol. The van der Waals surface area contributed by atoms with Gasteiger partial charge in [-0.3, -0.25) is 9.59 Å². The second kappa shape index (κ2) is 6.14. The average Bonchev–Trinajstić information content (AvgIpc) is 2.26. The molecule has 1 aromatic carbocycles. The van der Waals surface area contributed by atoms with Crippen LogP contribution < -0.4 is 5.32 Å². The summed E-state index contributed by atoms with van der Waals surface area (Å²) >= 11 is 5.50. The minimum atomic E-state index is -1.64. The van der Waals surface area contributed by atoms with Gasteiger partial charge in [0, 0.05) is 5.02 Å². The molecule has 1 unspecified atom stereocenters. The molecule has 0 saturated heterocycles. The summed E-state index contributed by atoms with van der Waals surface area (Å²) in [4.78, 5) is 32.8. The summed E-state index contributed by atoms with van der Waals surface area (Å²) < 4.78 is 13.4. The normalized spacial score (nSPS) is 11.7. The van der Waals surface area contributed by atoms with E-state index < -0.39 is 41.7 Å². The van der Waals surface area contributed by atoms with Crippen molar-refractivity contribution in [2.24, 2.45) is 0 Å². The van der Waals surface area contributed by atoms with Crippen LogP contribution in [0.25, 0.3) is 0 Å². The number of halogens is 2. The fourth-order valence-corrected chi connectivity index (χ4v) is 1.44. The predicted molar refractivity (Wildman–Crippen MR) is 62.6 cm³/mol. The van der Waals surface area contributed by atoms with Crippen molar-refractivity contribution in [1.29, 1.82) is 0 Å². The van der Waals surface area contributed by atoms with Crippen LogP contribution in [0.3, 0.4) is 0 Å². The van der Waals surface area contributed by atoms with Crippen molar-refractivity contribution in [3.8, 4) is 0 Å². The van der Waals surface area contributed by atoms with Crippen LogP contribution in [0.4, 0.5) is 4.39 Å². The largest absolute Gasteiger partial charge is 0.481 e. The van der Waals surface area contributed by atoms with Crippen molar-refractivity contribution in [1.82, 2.24) is 5.32 Å².